The van der Waals surface area contributed by atoms with Crippen molar-refractivity contribution in [1.82, 2.24) is 21.3 Å². The second kappa shape index (κ2) is 44.2. The lowest BCUT2D eigenvalue weighted by molar-refractivity contribution is -0.401. The lowest BCUT2D eigenvalue weighted by Crippen LogP contribution is -2.75. The average Bonchev–Trinajstić information content (AvgIpc) is 0.722. The number of fused-ring (bicyclic) bond motifs is 1. The number of nitrogens with one attached hydrogen (secondary N) is 4. The third-order valence-corrected chi connectivity index (χ3v) is 19.1. The Morgan fingerprint density at radius 3 is 1.40 bits per heavy atom. The number of Topliss-reactive ketones (excluding diaryl/α,β-unsaturated/α-hetero) is 1. The van der Waals surface area contributed by atoms with Crippen molar-refractivity contribution in [1.29, 1.82) is 0 Å². The van der Waals surface area contributed by atoms with E-state index < -0.39 is 293 Å². The Balaban J connectivity index is 1.64. The van der Waals surface area contributed by atoms with Crippen LogP contribution in [0.5, 0.6) is 23.0 Å². The summed E-state index contributed by atoms with van der Waals surface area (Å²) in [5.74, 6) is -24.3. The van der Waals surface area contributed by atoms with Gasteiger partial charge in [-0.3, -0.25) is 71.9 Å². The molecule has 8 unspecified atom stereocenters. The molecule has 0 saturated carbocycles. The number of methoxy groups -OCH3 is 5. The normalized spacial score (nSPS) is 28.1. The number of ketones is 1. The maximum atomic E-state index is 15.3. The Morgan fingerprint density at radius 1 is 0.471 bits per heavy atom. The number of esters is 13. The molecule has 45 nitrogen and oxygen atoms in total. The van der Waals surface area contributed by atoms with Crippen molar-refractivity contribution in [2.24, 2.45) is 5.92 Å². The summed E-state index contributed by atoms with van der Waals surface area (Å²) in [7, 11) is 6.35. The summed E-state index contributed by atoms with van der Waals surface area (Å²) < 4.78 is 143. The molecule has 24 atom stereocenters. The van der Waals surface area contributed by atoms with Crippen LogP contribution in [0.2, 0.25) is 0 Å². The van der Waals surface area contributed by atoms with Gasteiger partial charge >= 0.3 is 77.6 Å². The van der Waals surface area contributed by atoms with Gasteiger partial charge in [0.1, 0.15) is 74.4 Å². The average molecular weight is 1730 g/mol. The minimum absolute atomic E-state index is 0.0618. The van der Waals surface area contributed by atoms with E-state index in [9.17, 15) is 71.9 Å². The van der Waals surface area contributed by atoms with Crippen molar-refractivity contribution in [2.45, 2.75) is 270 Å². The predicted octanol–water partition coefficient (Wildman–Crippen LogP) is -1.55. The number of carbonyl (C=O) groups excluding carboxylic acids is 17. The fraction of sp³-hybridized carbons (Fsp3) is 0.697. The minimum Gasteiger partial charge on any atom is -0.496 e. The summed E-state index contributed by atoms with van der Waals surface area (Å²) in [5, 5.41) is 10.9. The first-order chi connectivity index (χ1) is 56.8. The highest BCUT2D eigenvalue weighted by Gasteiger charge is 2.68. The molecule has 1 spiro atoms. The van der Waals surface area contributed by atoms with E-state index in [1.165, 1.54) is 41.4 Å². The van der Waals surface area contributed by atoms with Gasteiger partial charge in [-0.25, -0.2) is 9.59 Å². The van der Waals surface area contributed by atoms with E-state index in [4.69, 9.17) is 114 Å². The van der Waals surface area contributed by atoms with Crippen molar-refractivity contribution in [3.05, 3.63) is 11.6 Å². The fourth-order valence-electron chi connectivity index (χ4n) is 14.7. The Labute approximate surface area is 694 Å². The van der Waals surface area contributed by atoms with Crippen molar-refractivity contribution < 1.29 is 195 Å². The summed E-state index contributed by atoms with van der Waals surface area (Å²) in [6, 6.07) is -4.95. The first-order valence-corrected chi connectivity index (χ1v) is 37.9. The lowest BCUT2D eigenvalue weighted by Gasteiger charge is -2.55. The van der Waals surface area contributed by atoms with E-state index >= 15 is 9.59 Å². The maximum Gasteiger partial charge on any atom is 0.367 e. The number of amides is 3. The van der Waals surface area contributed by atoms with Gasteiger partial charge in [-0.2, -0.15) is 0 Å². The van der Waals surface area contributed by atoms with Gasteiger partial charge in [0.05, 0.1) is 85.3 Å². The molecule has 5 aliphatic heterocycles. The van der Waals surface area contributed by atoms with Crippen LogP contribution in [0.15, 0.2) is 6.07 Å². The van der Waals surface area contributed by atoms with Gasteiger partial charge in [0.15, 0.2) is 66.3 Å². The van der Waals surface area contributed by atoms with Gasteiger partial charge in [-0.1, -0.05) is 6.92 Å². The van der Waals surface area contributed by atoms with Crippen LogP contribution in [0.1, 0.15) is 129 Å². The second-order valence-electron chi connectivity index (χ2n) is 28.6. The third-order valence-electron chi connectivity index (χ3n) is 19.1. The Hall–Kier alpha value is -10.7. The lowest BCUT2D eigenvalue weighted by atomic mass is 9.86. The summed E-state index contributed by atoms with van der Waals surface area (Å²) >= 11 is 0. The number of rotatable bonds is 38. The molecule has 5 heterocycles. The van der Waals surface area contributed by atoms with Gasteiger partial charge < -0.3 is 135 Å². The van der Waals surface area contributed by atoms with Crippen molar-refractivity contribution in [3.8, 4) is 23.0 Å². The number of carbonyl (C=O) groups is 17. The molecule has 1 aromatic carbocycles. The summed E-state index contributed by atoms with van der Waals surface area (Å²) in [5.41, 5.74) is 0.380. The molecule has 5 saturated heterocycles. The standard InChI is InChI=1S/C76H106N4O41/c1-31(22-47-48(98-17)23-49(99-18)62(101-20)61(47)100-19)60(95)32(2)77-26-52-59(80-35(5)83)67(63(111-43(13)91)56(115-52)30-106-75(73(96)102-21)24-50(107-39(9)87)57(78-33(3)81)68(119-75)64(112-44(14)92)53(109-41(11)89)27-103-36(6)84)117-72-71(114-46(16)94)70-66(55(116-72)29-105-38(8)86)118-74(97)76(121-70)25-51(108-40(10)88)58(79-34(4)82)69(120-76)65(113-45(15)93)54(110-42(12)90)28-104-37(7)85/h23,31-32,50-59,63-72,77H,22,24-30H2,1-21H3,(H,78,81)(H,79,82)(H,80,83)/t31?,32-,50+,51+,52+,53-,54-,55?,56?,57-,58?,59?,63+,64-,65-,66+,67-,68?,69?,70+,71?,72+,75-,76+/m1/s1. The SMILES string of the molecule is COC(=O)[C@@]1(OCC2O[C@@H](CN[C@H](C)C(=O)C(C)Cc3c(OC)cc(OC)c(OC)c3OC)C(NC(C)=O)[C@@H](O[C@@H]3OC(COC(C)=O)[C@@H]4OC(=O)[C@]5(C[C@H](OC(C)=O)C(NC(C)=O)C([C@H](OC(C)=O)[C@@H](COC(C)=O)OC(C)=O)O5)O[C@@H]4C3OC(C)=O)[C@H]2OC(C)=O)C[C@H](OC(C)=O)[C@@H](NC(C)=O)C([C@H](OC(C)=O)[C@@H](COC(C)=O)OC(C)=O)O1. The molecule has 0 aliphatic carbocycles. The predicted molar refractivity (Wildman–Crippen MR) is 394 cm³/mol. The van der Waals surface area contributed by atoms with Gasteiger partial charge in [0, 0.05) is 121 Å². The number of benzene rings is 1. The zero-order chi connectivity index (χ0) is 90.6. The van der Waals surface area contributed by atoms with Gasteiger partial charge in [0.2, 0.25) is 23.5 Å². The van der Waals surface area contributed by atoms with Gasteiger partial charge in [0.25, 0.3) is 11.6 Å². The summed E-state index contributed by atoms with van der Waals surface area (Å²) in [4.78, 5) is 230. The van der Waals surface area contributed by atoms with Crippen LogP contribution >= 0.6 is 0 Å². The van der Waals surface area contributed by atoms with Gasteiger partial charge in [-0.15, -0.1) is 0 Å². The molecule has 5 fully saturated rings. The monoisotopic (exact) mass is 1730 g/mol. The minimum atomic E-state index is -3.08. The van der Waals surface area contributed by atoms with Crippen LogP contribution in [0.25, 0.3) is 0 Å². The van der Waals surface area contributed by atoms with Crippen LogP contribution in [0.4, 0.5) is 0 Å². The molecule has 1 aromatic rings. The van der Waals surface area contributed by atoms with Crippen LogP contribution in [0.3, 0.4) is 0 Å². The van der Waals surface area contributed by atoms with E-state index in [1.807, 2.05) is 0 Å². The Kier molecular flexibility index (Phi) is 36.2. The molecule has 0 radical (unpaired) electrons. The maximum absolute atomic E-state index is 15.3. The number of ether oxygens (including phenoxy) is 24. The van der Waals surface area contributed by atoms with E-state index in [2.05, 4.69) is 21.3 Å². The van der Waals surface area contributed by atoms with Crippen LogP contribution in [-0.2, 0) is 183 Å². The molecule has 5 aliphatic rings. The molecular weight excluding hydrogens is 1620 g/mol. The van der Waals surface area contributed by atoms with Crippen LogP contribution < -0.4 is 40.2 Å². The first kappa shape index (κ1) is 99.1. The smallest absolute Gasteiger partial charge is 0.367 e. The molecule has 0 bridgehead atoms. The quantitative estimate of drug-likeness (QED) is 0.0430. The summed E-state index contributed by atoms with van der Waals surface area (Å²) in [6.07, 6.45) is -36.3. The fourth-order valence-corrected chi connectivity index (χ4v) is 14.7. The zero-order valence-electron chi connectivity index (χ0n) is 70.7. The topological polar surface area (TPSA) is 560 Å². The van der Waals surface area contributed by atoms with Gasteiger partial charge in [-0.05, 0) is 13.3 Å². The van der Waals surface area contributed by atoms with E-state index in [0.29, 0.717) is 5.56 Å². The molecule has 676 valence electrons. The highest BCUT2D eigenvalue weighted by atomic mass is 16.8. The van der Waals surface area contributed by atoms with Crippen LogP contribution in [0, 0.1) is 5.92 Å². The van der Waals surface area contributed by atoms with Crippen LogP contribution in [-0.4, -0.2) is 309 Å². The second-order valence-corrected chi connectivity index (χ2v) is 28.6. The molecular formula is C76H106N4O41. The molecule has 6 rings (SSSR count). The highest BCUT2D eigenvalue weighted by molar-refractivity contribution is 5.86. The number of hydrogen-bond donors (Lipinski definition) is 4. The zero-order valence-corrected chi connectivity index (χ0v) is 70.7. The molecule has 4 N–H and O–H groups in total. The van der Waals surface area contributed by atoms with E-state index in [-0.39, 0.29) is 29.4 Å². The molecule has 121 heavy (non-hydrogen) atoms. The van der Waals surface area contributed by atoms with E-state index in [0.717, 1.165) is 104 Å². The largest absolute Gasteiger partial charge is 0.496 e. The summed E-state index contributed by atoms with van der Waals surface area (Å²) in [6.45, 7) is 11.8. The Morgan fingerprint density at radius 2 is 0.950 bits per heavy atom. The first-order valence-electron chi connectivity index (χ1n) is 37.9. The van der Waals surface area contributed by atoms with E-state index in [1.54, 1.807) is 6.92 Å². The number of hydrogen-bond acceptors (Lipinski definition) is 42. The van der Waals surface area contributed by atoms with Crippen molar-refractivity contribution in [3.63, 3.8) is 0 Å². The molecule has 3 amide bonds. The van der Waals surface area contributed by atoms with Crippen molar-refractivity contribution >= 4 is 101 Å². The van der Waals surface area contributed by atoms with Crippen molar-refractivity contribution in [2.75, 3.05) is 68.5 Å². The Bertz CT molecular complexity index is 3970. The molecule has 0 aromatic heterocycles. The molecule has 45 heteroatoms. The third kappa shape index (κ3) is 26.4. The highest BCUT2D eigenvalue weighted by Crippen LogP contribution is 2.48.